The quantitative estimate of drug-likeness (QED) is 0.614. The van der Waals surface area contributed by atoms with E-state index in [4.69, 9.17) is 0 Å². The normalized spacial score (nSPS) is 16.7. The molecule has 1 aliphatic heterocycles. The summed E-state index contributed by atoms with van der Waals surface area (Å²) in [4.78, 5) is 17.6. The van der Waals surface area contributed by atoms with Gasteiger partial charge in [0.05, 0.1) is 12.6 Å². The third kappa shape index (κ3) is 4.10. The van der Waals surface area contributed by atoms with Crippen LogP contribution in [-0.2, 0) is 11.2 Å². The van der Waals surface area contributed by atoms with E-state index < -0.39 is 0 Å². The molecule has 0 aliphatic carbocycles. The van der Waals surface area contributed by atoms with E-state index in [0.717, 1.165) is 23.5 Å². The number of amides is 1. The van der Waals surface area contributed by atoms with Crippen molar-refractivity contribution in [1.29, 1.82) is 0 Å². The zero-order chi connectivity index (χ0) is 18.6. The molecular formula is C22H22N2OS2. The van der Waals surface area contributed by atoms with Crippen molar-refractivity contribution in [2.24, 2.45) is 0 Å². The second-order valence-corrected chi connectivity index (χ2v) is 8.49. The Morgan fingerprint density at radius 3 is 2.85 bits per heavy atom. The molecule has 138 valence electrons. The van der Waals surface area contributed by atoms with E-state index in [9.17, 15) is 4.79 Å². The highest BCUT2D eigenvalue weighted by molar-refractivity contribution is 7.98. The molecule has 27 heavy (non-hydrogen) atoms. The third-order valence-corrected chi connectivity index (χ3v) is 6.60. The molecule has 3 aromatic rings. The van der Waals surface area contributed by atoms with Crippen molar-refractivity contribution in [3.63, 3.8) is 0 Å². The smallest absolute Gasteiger partial charge is 0.238 e. The van der Waals surface area contributed by atoms with E-state index in [0.29, 0.717) is 6.54 Å². The fourth-order valence-electron chi connectivity index (χ4n) is 3.65. The van der Waals surface area contributed by atoms with Gasteiger partial charge in [0.15, 0.2) is 0 Å². The van der Waals surface area contributed by atoms with Crippen molar-refractivity contribution in [3.05, 3.63) is 82.0 Å². The number of carbonyl (C=O) groups excluding carboxylic acids is 1. The average Bonchev–Trinajstić information content (AvgIpc) is 3.17. The maximum Gasteiger partial charge on any atom is 0.238 e. The molecule has 4 rings (SSSR count). The Morgan fingerprint density at radius 2 is 2.04 bits per heavy atom. The highest BCUT2D eigenvalue weighted by atomic mass is 32.2. The van der Waals surface area contributed by atoms with Gasteiger partial charge in [-0.3, -0.25) is 9.69 Å². The lowest BCUT2D eigenvalue weighted by molar-refractivity contribution is -0.117. The zero-order valence-electron chi connectivity index (χ0n) is 15.2. The van der Waals surface area contributed by atoms with Gasteiger partial charge in [0, 0.05) is 22.0 Å². The number of benzene rings is 2. The average molecular weight is 395 g/mol. The van der Waals surface area contributed by atoms with Gasteiger partial charge in [-0.05, 0) is 53.4 Å². The molecule has 1 N–H and O–H groups in total. The maximum atomic E-state index is 12.8. The minimum Gasteiger partial charge on any atom is -0.325 e. The lowest BCUT2D eigenvalue weighted by Crippen LogP contribution is -2.40. The summed E-state index contributed by atoms with van der Waals surface area (Å²) in [5.74, 6) is 0.0351. The molecule has 1 aliphatic rings. The van der Waals surface area contributed by atoms with E-state index in [-0.39, 0.29) is 11.9 Å². The summed E-state index contributed by atoms with van der Waals surface area (Å²) in [5, 5.41) is 5.23. The van der Waals surface area contributed by atoms with Gasteiger partial charge in [0.25, 0.3) is 0 Å². The second-order valence-electron chi connectivity index (χ2n) is 6.61. The molecule has 0 bridgehead atoms. The molecule has 0 saturated heterocycles. The number of hydrogen-bond donors (Lipinski definition) is 1. The Bertz CT molecular complexity index is 923. The number of thiophene rings is 1. The van der Waals surface area contributed by atoms with Crippen molar-refractivity contribution in [1.82, 2.24) is 4.90 Å². The number of hydrogen-bond acceptors (Lipinski definition) is 4. The molecule has 1 amide bonds. The van der Waals surface area contributed by atoms with Gasteiger partial charge in [0.2, 0.25) is 5.91 Å². The summed E-state index contributed by atoms with van der Waals surface area (Å²) in [6.07, 6.45) is 3.04. The lowest BCUT2D eigenvalue weighted by Gasteiger charge is -2.35. The molecule has 0 spiro atoms. The standard InChI is InChI=1S/C22H22N2OS2/c1-26-18-9-5-8-17(14-18)23-21(25)15-24-12-10-20-19(11-13-27-20)22(24)16-6-3-2-4-7-16/h2-9,11,13-14,22H,10,12,15H2,1H3,(H,23,25). The first-order valence-corrected chi connectivity index (χ1v) is 11.1. The van der Waals surface area contributed by atoms with Crippen LogP contribution in [0.5, 0.6) is 0 Å². The number of carbonyl (C=O) groups is 1. The number of thioether (sulfide) groups is 1. The molecule has 2 heterocycles. The van der Waals surface area contributed by atoms with Crippen molar-refractivity contribution < 1.29 is 4.79 Å². The van der Waals surface area contributed by atoms with Gasteiger partial charge in [-0.25, -0.2) is 0 Å². The first-order valence-electron chi connectivity index (χ1n) is 9.04. The van der Waals surface area contributed by atoms with E-state index in [2.05, 4.69) is 52.0 Å². The minimum atomic E-state index is 0.0351. The predicted octanol–water partition coefficient (Wildman–Crippen LogP) is 5.06. The van der Waals surface area contributed by atoms with Crippen molar-refractivity contribution in [2.45, 2.75) is 17.4 Å². The third-order valence-electron chi connectivity index (χ3n) is 4.88. The molecular weight excluding hydrogens is 372 g/mol. The van der Waals surface area contributed by atoms with E-state index in [1.54, 1.807) is 11.8 Å². The second kappa shape index (κ2) is 8.30. The van der Waals surface area contributed by atoms with E-state index in [1.807, 2.05) is 41.9 Å². The molecule has 1 atom stereocenters. The van der Waals surface area contributed by atoms with Gasteiger partial charge < -0.3 is 5.32 Å². The van der Waals surface area contributed by atoms with Gasteiger partial charge in [-0.15, -0.1) is 23.1 Å². The Labute approximate surface area is 168 Å². The van der Waals surface area contributed by atoms with Crippen LogP contribution in [0, 0.1) is 0 Å². The molecule has 0 saturated carbocycles. The van der Waals surface area contributed by atoms with Crippen LogP contribution in [0.4, 0.5) is 5.69 Å². The minimum absolute atomic E-state index is 0.0351. The predicted molar refractivity (Wildman–Crippen MR) is 115 cm³/mol. The molecule has 5 heteroatoms. The SMILES string of the molecule is CSc1cccc(NC(=O)CN2CCc3sccc3C2c2ccccc2)c1. The summed E-state index contributed by atoms with van der Waals surface area (Å²) in [6.45, 7) is 1.28. The highest BCUT2D eigenvalue weighted by Gasteiger charge is 2.30. The Kier molecular flexibility index (Phi) is 5.62. The van der Waals surface area contributed by atoms with Gasteiger partial charge in [-0.1, -0.05) is 36.4 Å². The Balaban J connectivity index is 1.54. The van der Waals surface area contributed by atoms with Crippen LogP contribution in [0.15, 0.2) is 70.9 Å². The highest BCUT2D eigenvalue weighted by Crippen LogP contribution is 2.37. The number of nitrogens with zero attached hydrogens (tertiary/aromatic N) is 1. The topological polar surface area (TPSA) is 32.3 Å². The molecule has 3 nitrogen and oxygen atoms in total. The van der Waals surface area contributed by atoms with Gasteiger partial charge in [0.1, 0.15) is 0 Å². The van der Waals surface area contributed by atoms with Crippen LogP contribution < -0.4 is 5.32 Å². The van der Waals surface area contributed by atoms with Gasteiger partial charge in [-0.2, -0.15) is 0 Å². The molecule has 1 aromatic heterocycles. The van der Waals surface area contributed by atoms with Crippen molar-refractivity contribution in [2.75, 3.05) is 24.7 Å². The van der Waals surface area contributed by atoms with Crippen LogP contribution in [0.25, 0.3) is 0 Å². The van der Waals surface area contributed by atoms with Crippen LogP contribution in [0.3, 0.4) is 0 Å². The molecule has 0 radical (unpaired) electrons. The molecule has 0 fully saturated rings. The first-order chi connectivity index (χ1) is 13.2. The number of fused-ring (bicyclic) bond motifs is 1. The first kappa shape index (κ1) is 18.3. The Morgan fingerprint density at radius 1 is 1.19 bits per heavy atom. The summed E-state index contributed by atoms with van der Waals surface area (Å²) in [7, 11) is 0. The fraction of sp³-hybridized carbons (Fsp3) is 0.227. The Hall–Kier alpha value is -2.08. The maximum absolute atomic E-state index is 12.8. The molecule has 2 aromatic carbocycles. The largest absolute Gasteiger partial charge is 0.325 e. The number of rotatable bonds is 5. The van der Waals surface area contributed by atoms with E-state index in [1.165, 1.54) is 16.0 Å². The van der Waals surface area contributed by atoms with E-state index >= 15 is 0 Å². The van der Waals surface area contributed by atoms with Gasteiger partial charge >= 0.3 is 0 Å². The summed E-state index contributed by atoms with van der Waals surface area (Å²) in [5.41, 5.74) is 3.44. The van der Waals surface area contributed by atoms with Crippen LogP contribution in [-0.4, -0.2) is 30.2 Å². The lowest BCUT2D eigenvalue weighted by atomic mass is 9.93. The zero-order valence-corrected chi connectivity index (χ0v) is 16.9. The fourth-order valence-corrected chi connectivity index (χ4v) is 5.01. The molecule has 1 unspecified atom stereocenters. The van der Waals surface area contributed by atoms with Crippen LogP contribution in [0.1, 0.15) is 22.0 Å². The number of nitrogens with one attached hydrogen (secondary N) is 1. The summed E-state index contributed by atoms with van der Waals surface area (Å²) < 4.78 is 0. The monoisotopic (exact) mass is 394 g/mol. The summed E-state index contributed by atoms with van der Waals surface area (Å²) in [6, 6.07) is 20.8. The van der Waals surface area contributed by atoms with Crippen molar-refractivity contribution in [3.8, 4) is 0 Å². The van der Waals surface area contributed by atoms with Crippen molar-refractivity contribution >= 4 is 34.7 Å². The van der Waals surface area contributed by atoms with Crippen LogP contribution >= 0.6 is 23.1 Å². The van der Waals surface area contributed by atoms with Crippen LogP contribution in [0.2, 0.25) is 0 Å². The summed E-state index contributed by atoms with van der Waals surface area (Å²) >= 11 is 3.50. The number of anilines is 1.